The summed E-state index contributed by atoms with van der Waals surface area (Å²) < 4.78 is 17.8. The van der Waals surface area contributed by atoms with Crippen molar-refractivity contribution in [2.45, 2.75) is 64.0 Å². The molecule has 0 bridgehead atoms. The van der Waals surface area contributed by atoms with E-state index in [9.17, 15) is 9.59 Å². The molecule has 1 aromatic rings. The second-order valence-electron chi connectivity index (χ2n) is 9.82. The third kappa shape index (κ3) is 4.81. The number of rotatable bonds is 10. The van der Waals surface area contributed by atoms with Gasteiger partial charge in [0.05, 0.1) is 31.2 Å². The second-order valence-corrected chi connectivity index (χ2v) is 9.82. The monoisotopic (exact) mass is 470 g/mol. The van der Waals surface area contributed by atoms with Gasteiger partial charge in [-0.1, -0.05) is 25.8 Å². The number of nitrogens with zero attached hydrogens (tertiary/aromatic N) is 2. The summed E-state index contributed by atoms with van der Waals surface area (Å²) in [5, 5.41) is 0. The van der Waals surface area contributed by atoms with Crippen molar-refractivity contribution in [2.24, 2.45) is 5.92 Å². The minimum Gasteiger partial charge on any atom is -0.493 e. The molecule has 4 rings (SSSR count). The van der Waals surface area contributed by atoms with Crippen molar-refractivity contribution in [1.82, 2.24) is 9.80 Å². The van der Waals surface area contributed by atoms with Crippen LogP contribution in [0.2, 0.25) is 0 Å². The number of ketones is 1. The van der Waals surface area contributed by atoms with Crippen LogP contribution in [-0.2, 0) is 14.3 Å². The van der Waals surface area contributed by atoms with Crippen LogP contribution in [0.4, 0.5) is 0 Å². The highest BCUT2D eigenvalue weighted by atomic mass is 16.5. The molecule has 7 heteroatoms. The van der Waals surface area contributed by atoms with E-state index < -0.39 is 6.04 Å². The fourth-order valence-electron chi connectivity index (χ4n) is 5.33. The Balaban J connectivity index is 1.69. The average molecular weight is 471 g/mol. The number of benzene rings is 1. The van der Waals surface area contributed by atoms with Crippen LogP contribution in [0.5, 0.6) is 11.5 Å². The first-order chi connectivity index (χ1) is 16.5. The maximum Gasteiger partial charge on any atom is 0.290 e. The third-order valence-electron chi connectivity index (χ3n) is 7.12. The molecule has 1 aromatic carbocycles. The summed E-state index contributed by atoms with van der Waals surface area (Å²) in [4.78, 5) is 31.2. The number of Topliss-reactive ketones (excluding diaryl/α,β-unsaturated/α-hetero) is 1. The lowest BCUT2D eigenvalue weighted by molar-refractivity contribution is -0.135. The van der Waals surface area contributed by atoms with Gasteiger partial charge < -0.3 is 24.0 Å². The molecule has 34 heavy (non-hydrogen) atoms. The van der Waals surface area contributed by atoms with Gasteiger partial charge >= 0.3 is 0 Å². The predicted molar refractivity (Wildman–Crippen MR) is 130 cm³/mol. The van der Waals surface area contributed by atoms with Gasteiger partial charge in [0.1, 0.15) is 6.10 Å². The Hall–Kier alpha value is -2.54. The van der Waals surface area contributed by atoms with Gasteiger partial charge in [-0.05, 0) is 70.4 Å². The molecule has 2 aliphatic heterocycles. The normalized spacial score (nSPS) is 24.3. The van der Waals surface area contributed by atoms with Crippen LogP contribution < -0.4 is 9.47 Å². The minimum absolute atomic E-state index is 0.0849. The average Bonchev–Trinajstić information content (AvgIpc) is 3.11. The first-order valence-electron chi connectivity index (χ1n) is 12.7. The fraction of sp³-hybridized carbons (Fsp3) is 0.630. The molecule has 186 valence electrons. The molecule has 0 N–H and O–H groups in total. The number of amides is 1. The molecular weight excluding hydrogens is 432 g/mol. The number of carbonyl (C=O) groups excluding carboxylic acids is 2. The molecule has 1 saturated carbocycles. The first kappa shape index (κ1) is 24.6. The van der Waals surface area contributed by atoms with Gasteiger partial charge in [0.2, 0.25) is 0 Å². The molecule has 1 amide bonds. The summed E-state index contributed by atoms with van der Waals surface area (Å²) in [5.41, 5.74) is 1.38. The van der Waals surface area contributed by atoms with Crippen molar-refractivity contribution in [1.29, 1.82) is 0 Å². The number of ether oxygens (including phenoxy) is 3. The van der Waals surface area contributed by atoms with Crippen molar-refractivity contribution in [3.63, 3.8) is 0 Å². The highest BCUT2D eigenvalue weighted by Gasteiger charge is 2.51. The standard InChI is InChI=1S/C27H38N2O5/c1-5-6-16-33-21-13-12-18(17-22(21)32-4)24-23-25(30)19-10-7-8-11-20(19)34-26(23)27(31)29(24)15-9-14-28(2)3/h12-13,17,19-20,24H,5-11,14-16H2,1-4H3. The summed E-state index contributed by atoms with van der Waals surface area (Å²) in [7, 11) is 5.66. The van der Waals surface area contributed by atoms with E-state index in [2.05, 4.69) is 11.8 Å². The lowest BCUT2D eigenvalue weighted by atomic mass is 9.77. The number of unbranched alkanes of at least 4 members (excludes halogenated alkanes) is 1. The predicted octanol–water partition coefficient (Wildman–Crippen LogP) is 4.12. The fourth-order valence-corrected chi connectivity index (χ4v) is 5.33. The molecule has 3 aliphatic rings. The SMILES string of the molecule is CCCCOc1ccc(C2C3=C(OC4CCCCC4C3=O)C(=O)N2CCCN(C)C)cc1OC. The summed E-state index contributed by atoms with van der Waals surface area (Å²) in [6.07, 6.45) is 6.39. The van der Waals surface area contributed by atoms with Gasteiger partial charge in [0.15, 0.2) is 23.0 Å². The summed E-state index contributed by atoms with van der Waals surface area (Å²) in [6.45, 7) is 4.15. The number of carbonyl (C=O) groups is 2. The number of fused-ring (bicyclic) bond motifs is 1. The van der Waals surface area contributed by atoms with Crippen LogP contribution in [0.15, 0.2) is 29.5 Å². The van der Waals surface area contributed by atoms with E-state index in [0.717, 1.165) is 57.1 Å². The Kier molecular flexibility index (Phi) is 7.81. The Morgan fingerprint density at radius 3 is 2.65 bits per heavy atom. The molecule has 0 aromatic heterocycles. The van der Waals surface area contributed by atoms with Crippen LogP contribution in [0, 0.1) is 5.92 Å². The summed E-state index contributed by atoms with van der Waals surface area (Å²) in [5.74, 6) is 1.33. The Morgan fingerprint density at radius 2 is 1.91 bits per heavy atom. The van der Waals surface area contributed by atoms with Crippen LogP contribution in [0.25, 0.3) is 0 Å². The highest BCUT2D eigenvalue weighted by molar-refractivity contribution is 6.11. The summed E-state index contributed by atoms with van der Waals surface area (Å²) in [6, 6.07) is 5.30. The maximum absolute atomic E-state index is 13.7. The molecule has 7 nitrogen and oxygen atoms in total. The van der Waals surface area contributed by atoms with Gasteiger partial charge in [-0.3, -0.25) is 9.59 Å². The zero-order chi connectivity index (χ0) is 24.2. The number of methoxy groups -OCH3 is 1. The minimum atomic E-state index is -0.460. The van der Waals surface area contributed by atoms with E-state index in [0.29, 0.717) is 30.2 Å². The van der Waals surface area contributed by atoms with Gasteiger partial charge in [-0.15, -0.1) is 0 Å². The van der Waals surface area contributed by atoms with E-state index >= 15 is 0 Å². The largest absolute Gasteiger partial charge is 0.493 e. The van der Waals surface area contributed by atoms with E-state index in [-0.39, 0.29) is 29.5 Å². The topological polar surface area (TPSA) is 68.3 Å². The Morgan fingerprint density at radius 1 is 1.12 bits per heavy atom. The third-order valence-corrected chi connectivity index (χ3v) is 7.12. The molecule has 2 heterocycles. The van der Waals surface area contributed by atoms with E-state index in [1.54, 1.807) is 7.11 Å². The van der Waals surface area contributed by atoms with Crippen LogP contribution in [-0.4, -0.2) is 68.5 Å². The van der Waals surface area contributed by atoms with E-state index in [1.165, 1.54) is 0 Å². The highest BCUT2D eigenvalue weighted by Crippen LogP contribution is 2.47. The lowest BCUT2D eigenvalue weighted by Crippen LogP contribution is -2.39. The van der Waals surface area contributed by atoms with Gasteiger partial charge in [0.25, 0.3) is 5.91 Å². The first-order valence-corrected chi connectivity index (χ1v) is 12.7. The van der Waals surface area contributed by atoms with Crippen LogP contribution in [0.1, 0.15) is 63.5 Å². The maximum atomic E-state index is 13.7. The number of hydrogen-bond donors (Lipinski definition) is 0. The molecule has 1 aliphatic carbocycles. The molecular formula is C27H38N2O5. The van der Waals surface area contributed by atoms with Crippen molar-refractivity contribution >= 4 is 11.7 Å². The Labute approximate surface area is 203 Å². The molecule has 3 unspecified atom stereocenters. The zero-order valence-corrected chi connectivity index (χ0v) is 21.0. The van der Waals surface area contributed by atoms with Gasteiger partial charge in [-0.25, -0.2) is 0 Å². The summed E-state index contributed by atoms with van der Waals surface area (Å²) >= 11 is 0. The smallest absolute Gasteiger partial charge is 0.290 e. The van der Waals surface area contributed by atoms with Crippen molar-refractivity contribution < 1.29 is 23.8 Å². The quantitative estimate of drug-likeness (QED) is 0.479. The lowest BCUT2D eigenvalue weighted by Gasteiger charge is -2.35. The van der Waals surface area contributed by atoms with Crippen LogP contribution >= 0.6 is 0 Å². The molecule has 0 radical (unpaired) electrons. The van der Waals surface area contributed by atoms with E-state index in [4.69, 9.17) is 14.2 Å². The molecule has 1 fully saturated rings. The van der Waals surface area contributed by atoms with Gasteiger partial charge in [0, 0.05) is 6.54 Å². The van der Waals surface area contributed by atoms with Gasteiger partial charge in [-0.2, -0.15) is 0 Å². The molecule has 0 saturated heterocycles. The Bertz CT molecular complexity index is 941. The second kappa shape index (κ2) is 10.8. The van der Waals surface area contributed by atoms with Crippen molar-refractivity contribution in [3.8, 4) is 11.5 Å². The van der Waals surface area contributed by atoms with Crippen LogP contribution in [0.3, 0.4) is 0 Å². The molecule has 0 spiro atoms. The zero-order valence-electron chi connectivity index (χ0n) is 21.0. The number of hydrogen-bond acceptors (Lipinski definition) is 6. The van der Waals surface area contributed by atoms with Crippen molar-refractivity contribution in [3.05, 3.63) is 35.1 Å². The van der Waals surface area contributed by atoms with Crippen molar-refractivity contribution in [2.75, 3.05) is 40.9 Å². The van der Waals surface area contributed by atoms with E-state index in [1.807, 2.05) is 37.2 Å². The molecule has 3 atom stereocenters.